The molecule has 0 fully saturated rings. The predicted octanol–water partition coefficient (Wildman–Crippen LogP) is 0.726. The van der Waals surface area contributed by atoms with E-state index in [1.807, 2.05) is 13.8 Å². The molecule has 1 rings (SSSR count). The Labute approximate surface area is 83.5 Å². The molecular formula is C10H15NO3. The van der Waals surface area contributed by atoms with Crippen molar-refractivity contribution in [2.45, 2.75) is 25.8 Å². The molecule has 0 saturated carbocycles. The lowest BCUT2D eigenvalue weighted by Gasteiger charge is -2.33. The molecule has 0 radical (unpaired) electrons. The molecule has 0 aliphatic carbocycles. The van der Waals surface area contributed by atoms with Crippen LogP contribution in [-0.4, -0.2) is 36.0 Å². The maximum absolute atomic E-state index is 11.4. The summed E-state index contributed by atoms with van der Waals surface area (Å²) >= 11 is 0. The van der Waals surface area contributed by atoms with Crippen LogP contribution in [0, 0.1) is 0 Å². The van der Waals surface area contributed by atoms with Gasteiger partial charge in [0.05, 0.1) is 0 Å². The van der Waals surface area contributed by atoms with Crippen LogP contribution < -0.4 is 0 Å². The Morgan fingerprint density at radius 1 is 1.29 bits per heavy atom. The Kier molecular flexibility index (Phi) is 3.06. The number of hydrogen-bond donors (Lipinski definition) is 0. The van der Waals surface area contributed by atoms with E-state index in [9.17, 15) is 9.59 Å². The van der Waals surface area contributed by atoms with Crippen molar-refractivity contribution in [2.75, 3.05) is 13.7 Å². The van der Waals surface area contributed by atoms with Gasteiger partial charge in [-0.3, -0.25) is 14.5 Å². The van der Waals surface area contributed by atoms with Crippen molar-refractivity contribution in [2.24, 2.45) is 0 Å². The summed E-state index contributed by atoms with van der Waals surface area (Å²) in [6.45, 7) is 4.24. The minimum atomic E-state index is -0.478. The van der Waals surface area contributed by atoms with E-state index in [0.717, 1.165) is 0 Å². The maximum atomic E-state index is 11.4. The Hall–Kier alpha value is -1.16. The van der Waals surface area contributed by atoms with Crippen LogP contribution in [0.15, 0.2) is 12.2 Å². The van der Waals surface area contributed by atoms with Crippen molar-refractivity contribution >= 4 is 11.8 Å². The first-order chi connectivity index (χ1) is 6.49. The highest BCUT2D eigenvalue weighted by Gasteiger charge is 2.36. The molecule has 0 unspecified atom stereocenters. The van der Waals surface area contributed by atoms with Crippen molar-refractivity contribution < 1.29 is 14.3 Å². The number of carbonyl (C=O) groups is 2. The largest absolute Gasteiger partial charge is 0.385 e. The van der Waals surface area contributed by atoms with Gasteiger partial charge in [-0.25, -0.2) is 0 Å². The van der Waals surface area contributed by atoms with E-state index < -0.39 is 5.54 Å². The zero-order valence-electron chi connectivity index (χ0n) is 8.74. The highest BCUT2D eigenvalue weighted by molar-refractivity contribution is 6.13. The summed E-state index contributed by atoms with van der Waals surface area (Å²) in [6.07, 6.45) is 3.25. The van der Waals surface area contributed by atoms with Crippen LogP contribution in [0.4, 0.5) is 0 Å². The van der Waals surface area contributed by atoms with Gasteiger partial charge in [-0.1, -0.05) is 0 Å². The zero-order chi connectivity index (χ0) is 10.8. The fourth-order valence-electron chi connectivity index (χ4n) is 1.46. The van der Waals surface area contributed by atoms with E-state index in [-0.39, 0.29) is 11.8 Å². The smallest absolute Gasteiger partial charge is 0.254 e. The van der Waals surface area contributed by atoms with E-state index >= 15 is 0 Å². The van der Waals surface area contributed by atoms with Crippen LogP contribution in [0.5, 0.6) is 0 Å². The zero-order valence-corrected chi connectivity index (χ0v) is 8.74. The first kappa shape index (κ1) is 10.9. The number of hydrogen-bond acceptors (Lipinski definition) is 3. The van der Waals surface area contributed by atoms with Crippen LogP contribution in [0.25, 0.3) is 0 Å². The van der Waals surface area contributed by atoms with Crippen LogP contribution in [0.2, 0.25) is 0 Å². The van der Waals surface area contributed by atoms with E-state index in [2.05, 4.69) is 0 Å². The molecule has 0 atom stereocenters. The molecule has 0 spiro atoms. The van der Waals surface area contributed by atoms with Crippen LogP contribution in [0.3, 0.4) is 0 Å². The van der Waals surface area contributed by atoms with Gasteiger partial charge in [0.15, 0.2) is 0 Å². The fraction of sp³-hybridized carbons (Fsp3) is 0.600. The van der Waals surface area contributed by atoms with Crippen molar-refractivity contribution in [3.8, 4) is 0 Å². The van der Waals surface area contributed by atoms with Gasteiger partial charge in [0.1, 0.15) is 0 Å². The second-order valence-electron chi connectivity index (χ2n) is 3.90. The molecule has 1 aliphatic heterocycles. The quantitative estimate of drug-likeness (QED) is 0.624. The highest BCUT2D eigenvalue weighted by Crippen LogP contribution is 2.22. The minimum absolute atomic E-state index is 0.240. The molecule has 0 saturated heterocycles. The average molecular weight is 197 g/mol. The molecule has 1 aliphatic rings. The number of rotatable bonds is 4. The number of amides is 2. The van der Waals surface area contributed by atoms with Gasteiger partial charge < -0.3 is 4.74 Å². The van der Waals surface area contributed by atoms with E-state index in [0.29, 0.717) is 13.0 Å². The minimum Gasteiger partial charge on any atom is -0.385 e. The first-order valence-electron chi connectivity index (χ1n) is 4.54. The van der Waals surface area contributed by atoms with Gasteiger partial charge in [0.25, 0.3) is 11.8 Å². The number of carbonyl (C=O) groups excluding carboxylic acids is 2. The summed E-state index contributed by atoms with van der Waals surface area (Å²) in [5, 5.41) is 0. The van der Waals surface area contributed by atoms with Gasteiger partial charge in [-0.2, -0.15) is 0 Å². The highest BCUT2D eigenvalue weighted by atomic mass is 16.5. The number of ether oxygens (including phenoxy) is 1. The SMILES string of the molecule is COCCC(C)(C)N1C(=O)C=CC1=O. The van der Waals surface area contributed by atoms with Gasteiger partial charge in [-0.05, 0) is 20.3 Å². The molecule has 2 amide bonds. The lowest BCUT2D eigenvalue weighted by Crippen LogP contribution is -2.48. The van der Waals surface area contributed by atoms with Gasteiger partial charge in [-0.15, -0.1) is 0 Å². The predicted molar refractivity (Wildman–Crippen MR) is 51.6 cm³/mol. The lowest BCUT2D eigenvalue weighted by molar-refractivity contribution is -0.143. The third-order valence-electron chi connectivity index (χ3n) is 2.33. The summed E-state index contributed by atoms with van der Waals surface area (Å²) in [5.41, 5.74) is -0.478. The van der Waals surface area contributed by atoms with Crippen molar-refractivity contribution in [3.63, 3.8) is 0 Å². The molecule has 0 aromatic rings. The summed E-state index contributed by atoms with van der Waals surface area (Å²) < 4.78 is 4.94. The third-order valence-corrected chi connectivity index (χ3v) is 2.33. The van der Waals surface area contributed by atoms with Crippen molar-refractivity contribution in [1.29, 1.82) is 0 Å². The Morgan fingerprint density at radius 2 is 1.79 bits per heavy atom. The molecule has 0 aromatic carbocycles. The number of methoxy groups -OCH3 is 1. The Balaban J connectivity index is 2.72. The molecule has 4 heteroatoms. The average Bonchev–Trinajstić information content (AvgIpc) is 2.43. The maximum Gasteiger partial charge on any atom is 0.254 e. The Morgan fingerprint density at radius 3 is 2.21 bits per heavy atom. The van der Waals surface area contributed by atoms with Crippen molar-refractivity contribution in [1.82, 2.24) is 4.90 Å². The molecule has 1 heterocycles. The molecule has 14 heavy (non-hydrogen) atoms. The number of nitrogens with zero attached hydrogens (tertiary/aromatic N) is 1. The van der Waals surface area contributed by atoms with Gasteiger partial charge in [0, 0.05) is 31.4 Å². The molecular weight excluding hydrogens is 182 g/mol. The van der Waals surface area contributed by atoms with E-state index in [1.54, 1.807) is 7.11 Å². The first-order valence-corrected chi connectivity index (χ1v) is 4.54. The van der Waals surface area contributed by atoms with Crippen LogP contribution in [-0.2, 0) is 14.3 Å². The van der Waals surface area contributed by atoms with E-state index in [1.165, 1.54) is 17.1 Å². The van der Waals surface area contributed by atoms with Gasteiger partial charge in [0.2, 0.25) is 0 Å². The monoisotopic (exact) mass is 197 g/mol. The summed E-state index contributed by atoms with van der Waals surface area (Å²) in [5.74, 6) is -0.479. The van der Waals surface area contributed by atoms with E-state index in [4.69, 9.17) is 4.74 Å². The normalized spacial score (nSPS) is 16.9. The fourth-order valence-corrected chi connectivity index (χ4v) is 1.46. The summed E-state index contributed by atoms with van der Waals surface area (Å²) in [4.78, 5) is 24.0. The van der Waals surface area contributed by atoms with Gasteiger partial charge >= 0.3 is 0 Å². The molecule has 0 aromatic heterocycles. The van der Waals surface area contributed by atoms with Crippen molar-refractivity contribution in [3.05, 3.63) is 12.2 Å². The summed E-state index contributed by atoms with van der Waals surface area (Å²) in [7, 11) is 1.60. The topological polar surface area (TPSA) is 46.6 Å². The molecule has 0 N–H and O–H groups in total. The third kappa shape index (κ3) is 2.01. The Bertz CT molecular complexity index is 263. The number of imide groups is 1. The molecule has 4 nitrogen and oxygen atoms in total. The summed E-state index contributed by atoms with van der Waals surface area (Å²) in [6, 6.07) is 0. The van der Waals surface area contributed by atoms with Crippen LogP contribution >= 0.6 is 0 Å². The second-order valence-corrected chi connectivity index (χ2v) is 3.90. The second kappa shape index (κ2) is 3.92. The molecule has 78 valence electrons. The standard InChI is InChI=1S/C10H15NO3/c1-10(2,6-7-14-3)11-8(12)4-5-9(11)13/h4-5H,6-7H2,1-3H3. The molecule has 0 bridgehead atoms. The van der Waals surface area contributed by atoms with Crippen LogP contribution in [0.1, 0.15) is 20.3 Å². The lowest BCUT2D eigenvalue weighted by atomic mass is 9.99.